The van der Waals surface area contributed by atoms with Crippen molar-refractivity contribution in [3.05, 3.63) is 82.1 Å². The first-order valence-corrected chi connectivity index (χ1v) is 8.58. The summed E-state index contributed by atoms with van der Waals surface area (Å²) in [5.41, 5.74) is 3.80. The van der Waals surface area contributed by atoms with Crippen LogP contribution in [0.5, 0.6) is 5.75 Å². The van der Waals surface area contributed by atoms with Crippen LogP contribution in [0.3, 0.4) is 0 Å². The average molecular weight is 363 g/mol. The summed E-state index contributed by atoms with van der Waals surface area (Å²) in [5.74, 6) is -0.734. The third-order valence-corrected chi connectivity index (χ3v) is 4.54. The van der Waals surface area contributed by atoms with Crippen LogP contribution in [0.4, 0.5) is 0 Å². The molecule has 0 unspecified atom stereocenters. The molecular weight excluding hydrogens is 342 g/mol. The number of hydrogen-bond acceptors (Lipinski definition) is 4. The van der Waals surface area contributed by atoms with Gasteiger partial charge in [0, 0.05) is 5.70 Å². The number of phenols is 1. The van der Waals surface area contributed by atoms with Gasteiger partial charge in [0.15, 0.2) is 0 Å². The standard InChI is InChI=1S/C22H21NO4/c1-14-7-9-16(10-8-14)13-23-15(2)20(22(26)27-3)19(21(23)25)12-17-5-4-6-18(24)11-17/h4-12,24H,13H2,1-3H3/b19-12-. The highest BCUT2D eigenvalue weighted by Gasteiger charge is 2.36. The van der Waals surface area contributed by atoms with Crippen molar-refractivity contribution in [1.29, 1.82) is 0 Å². The summed E-state index contributed by atoms with van der Waals surface area (Å²) in [4.78, 5) is 27.0. The highest BCUT2D eigenvalue weighted by molar-refractivity contribution is 6.16. The summed E-state index contributed by atoms with van der Waals surface area (Å²) in [7, 11) is 1.29. The van der Waals surface area contributed by atoms with E-state index in [2.05, 4.69) is 0 Å². The Morgan fingerprint density at radius 1 is 1.15 bits per heavy atom. The van der Waals surface area contributed by atoms with Crippen LogP contribution in [0.2, 0.25) is 0 Å². The second-order valence-corrected chi connectivity index (χ2v) is 6.48. The van der Waals surface area contributed by atoms with Crippen LogP contribution in [0.1, 0.15) is 23.6 Å². The molecule has 27 heavy (non-hydrogen) atoms. The molecule has 0 spiro atoms. The van der Waals surface area contributed by atoms with E-state index in [-0.39, 0.29) is 22.8 Å². The number of methoxy groups -OCH3 is 1. The molecule has 0 atom stereocenters. The Morgan fingerprint density at radius 2 is 1.85 bits per heavy atom. The molecule has 5 heteroatoms. The molecule has 0 fully saturated rings. The van der Waals surface area contributed by atoms with Gasteiger partial charge in [-0.05, 0) is 43.2 Å². The van der Waals surface area contributed by atoms with E-state index < -0.39 is 5.97 Å². The van der Waals surface area contributed by atoms with Gasteiger partial charge < -0.3 is 14.7 Å². The van der Waals surface area contributed by atoms with Gasteiger partial charge in [0.05, 0.1) is 24.8 Å². The normalized spacial score (nSPS) is 15.6. The first-order chi connectivity index (χ1) is 12.9. The quantitative estimate of drug-likeness (QED) is 0.666. The van der Waals surface area contributed by atoms with Gasteiger partial charge in [-0.1, -0.05) is 42.0 Å². The molecule has 0 aromatic heterocycles. The summed E-state index contributed by atoms with van der Waals surface area (Å²) in [6.07, 6.45) is 1.60. The van der Waals surface area contributed by atoms with Crippen LogP contribution >= 0.6 is 0 Å². The minimum Gasteiger partial charge on any atom is -0.508 e. The number of carbonyl (C=O) groups excluding carboxylic acids is 2. The van der Waals surface area contributed by atoms with Gasteiger partial charge in [-0.3, -0.25) is 4.79 Å². The summed E-state index contributed by atoms with van der Waals surface area (Å²) < 4.78 is 4.89. The summed E-state index contributed by atoms with van der Waals surface area (Å²) in [5, 5.41) is 9.67. The number of esters is 1. The van der Waals surface area contributed by atoms with Gasteiger partial charge in [-0.25, -0.2) is 4.79 Å². The van der Waals surface area contributed by atoms with Gasteiger partial charge in [0.1, 0.15) is 5.75 Å². The monoisotopic (exact) mass is 363 g/mol. The fourth-order valence-electron chi connectivity index (χ4n) is 3.08. The minimum atomic E-state index is -0.557. The zero-order chi connectivity index (χ0) is 19.6. The van der Waals surface area contributed by atoms with Crippen molar-refractivity contribution in [3.63, 3.8) is 0 Å². The highest BCUT2D eigenvalue weighted by atomic mass is 16.5. The molecule has 1 heterocycles. The van der Waals surface area contributed by atoms with Gasteiger partial charge in [0.25, 0.3) is 5.91 Å². The van der Waals surface area contributed by atoms with Crippen LogP contribution in [0.15, 0.2) is 65.4 Å². The zero-order valence-corrected chi connectivity index (χ0v) is 15.5. The second kappa shape index (κ2) is 7.50. The van der Waals surface area contributed by atoms with E-state index in [0.717, 1.165) is 11.1 Å². The smallest absolute Gasteiger partial charge is 0.340 e. The lowest BCUT2D eigenvalue weighted by Gasteiger charge is -2.18. The van der Waals surface area contributed by atoms with Crippen molar-refractivity contribution < 1.29 is 19.4 Å². The molecule has 138 valence electrons. The number of aromatic hydroxyl groups is 1. The SMILES string of the molecule is COC(=O)C1=C(C)N(Cc2ccc(C)cc2)C(=O)/C1=C\c1cccc(O)c1. The van der Waals surface area contributed by atoms with Crippen molar-refractivity contribution in [2.24, 2.45) is 0 Å². The zero-order valence-electron chi connectivity index (χ0n) is 15.5. The predicted octanol–water partition coefficient (Wildman–Crippen LogP) is 3.57. The number of ether oxygens (including phenoxy) is 1. The van der Waals surface area contributed by atoms with E-state index in [1.54, 1.807) is 36.1 Å². The third-order valence-electron chi connectivity index (χ3n) is 4.54. The highest BCUT2D eigenvalue weighted by Crippen LogP contribution is 2.33. The van der Waals surface area contributed by atoms with Crippen LogP contribution in [-0.4, -0.2) is 29.0 Å². The van der Waals surface area contributed by atoms with Gasteiger partial charge >= 0.3 is 5.97 Å². The maximum atomic E-state index is 13.1. The van der Waals surface area contributed by atoms with E-state index in [4.69, 9.17) is 4.74 Å². The Morgan fingerprint density at radius 3 is 2.48 bits per heavy atom. The Hall–Kier alpha value is -3.34. The lowest BCUT2D eigenvalue weighted by atomic mass is 10.0. The Kier molecular flexibility index (Phi) is 5.12. The molecule has 1 aliphatic rings. The Balaban J connectivity index is 2.02. The molecule has 0 bridgehead atoms. The van der Waals surface area contributed by atoms with E-state index in [9.17, 15) is 14.7 Å². The maximum absolute atomic E-state index is 13.1. The lowest BCUT2D eigenvalue weighted by molar-refractivity contribution is -0.136. The Labute approximate surface area is 158 Å². The van der Waals surface area contributed by atoms with E-state index in [1.165, 1.54) is 13.2 Å². The molecule has 3 rings (SSSR count). The lowest BCUT2D eigenvalue weighted by Crippen LogP contribution is -2.24. The molecule has 0 saturated carbocycles. The molecule has 2 aromatic rings. The van der Waals surface area contributed by atoms with Crippen molar-refractivity contribution in [2.75, 3.05) is 7.11 Å². The van der Waals surface area contributed by atoms with E-state index in [1.807, 2.05) is 31.2 Å². The molecule has 0 radical (unpaired) electrons. The molecule has 5 nitrogen and oxygen atoms in total. The second-order valence-electron chi connectivity index (χ2n) is 6.48. The molecular formula is C22H21NO4. The van der Waals surface area contributed by atoms with Crippen molar-refractivity contribution in [3.8, 4) is 5.75 Å². The molecule has 1 N–H and O–H groups in total. The van der Waals surface area contributed by atoms with Gasteiger partial charge in [-0.2, -0.15) is 0 Å². The topological polar surface area (TPSA) is 66.8 Å². The number of amides is 1. The number of aryl methyl sites for hydroxylation is 1. The van der Waals surface area contributed by atoms with Crippen LogP contribution in [0, 0.1) is 6.92 Å². The minimum absolute atomic E-state index is 0.0895. The Bertz CT molecular complexity index is 955. The van der Waals surface area contributed by atoms with Crippen molar-refractivity contribution in [1.82, 2.24) is 4.90 Å². The number of rotatable bonds is 4. The van der Waals surface area contributed by atoms with Crippen LogP contribution in [-0.2, 0) is 20.9 Å². The van der Waals surface area contributed by atoms with Crippen LogP contribution < -0.4 is 0 Å². The van der Waals surface area contributed by atoms with E-state index in [0.29, 0.717) is 17.8 Å². The van der Waals surface area contributed by atoms with Crippen molar-refractivity contribution in [2.45, 2.75) is 20.4 Å². The third kappa shape index (κ3) is 3.77. The average Bonchev–Trinajstić information content (AvgIpc) is 2.87. The number of nitrogens with zero attached hydrogens (tertiary/aromatic N) is 1. The number of benzene rings is 2. The van der Waals surface area contributed by atoms with Crippen molar-refractivity contribution >= 4 is 18.0 Å². The van der Waals surface area contributed by atoms with Crippen LogP contribution in [0.25, 0.3) is 6.08 Å². The fraction of sp³-hybridized carbons (Fsp3) is 0.182. The number of hydrogen-bond donors (Lipinski definition) is 1. The first kappa shape index (κ1) is 18.5. The maximum Gasteiger partial charge on any atom is 0.340 e. The molecule has 1 aliphatic heterocycles. The molecule has 2 aromatic carbocycles. The van der Waals surface area contributed by atoms with Gasteiger partial charge in [-0.15, -0.1) is 0 Å². The van der Waals surface area contributed by atoms with E-state index >= 15 is 0 Å². The summed E-state index contributed by atoms with van der Waals surface area (Å²) in [6, 6.07) is 14.4. The fourth-order valence-corrected chi connectivity index (χ4v) is 3.08. The summed E-state index contributed by atoms with van der Waals surface area (Å²) >= 11 is 0. The molecule has 1 amide bonds. The summed E-state index contributed by atoms with van der Waals surface area (Å²) in [6.45, 7) is 4.10. The number of phenolic OH excluding ortho intramolecular Hbond substituents is 1. The number of carbonyl (C=O) groups is 2. The first-order valence-electron chi connectivity index (χ1n) is 8.58. The predicted molar refractivity (Wildman–Crippen MR) is 103 cm³/mol. The number of allylic oxidation sites excluding steroid dienone is 1. The molecule has 0 saturated heterocycles. The largest absolute Gasteiger partial charge is 0.508 e. The molecule has 0 aliphatic carbocycles. The van der Waals surface area contributed by atoms with Gasteiger partial charge in [0.2, 0.25) is 0 Å².